The van der Waals surface area contributed by atoms with Gasteiger partial charge in [0.1, 0.15) is 0 Å². The highest BCUT2D eigenvalue weighted by Gasteiger charge is 2.20. The van der Waals surface area contributed by atoms with Crippen molar-refractivity contribution in [3.05, 3.63) is 34.9 Å². The van der Waals surface area contributed by atoms with Gasteiger partial charge in [-0.05, 0) is 60.8 Å². The van der Waals surface area contributed by atoms with Crippen molar-refractivity contribution in [2.24, 2.45) is 11.8 Å². The van der Waals surface area contributed by atoms with E-state index in [9.17, 15) is 0 Å². The average Bonchev–Trinajstić information content (AvgIpc) is 2.84. The van der Waals surface area contributed by atoms with Gasteiger partial charge in [0.15, 0.2) is 0 Å². The van der Waals surface area contributed by atoms with Crippen LogP contribution in [0.15, 0.2) is 18.2 Å². The Balaban J connectivity index is 2.08. The molecule has 1 N–H and O–H groups in total. The lowest BCUT2D eigenvalue weighted by atomic mass is 9.86. The maximum Gasteiger partial charge on any atom is 0.0135 e. The first-order chi connectivity index (χ1) is 9.11. The van der Waals surface area contributed by atoms with Gasteiger partial charge in [0.25, 0.3) is 0 Å². The summed E-state index contributed by atoms with van der Waals surface area (Å²) in [5.74, 6) is 1.45. The molecule has 0 heterocycles. The van der Waals surface area contributed by atoms with Gasteiger partial charge in [0, 0.05) is 6.04 Å². The highest BCUT2D eigenvalue weighted by molar-refractivity contribution is 5.35. The van der Waals surface area contributed by atoms with Crippen LogP contribution in [0.1, 0.15) is 50.8 Å². The van der Waals surface area contributed by atoms with Crippen LogP contribution in [0.25, 0.3) is 0 Å². The second-order valence-electron chi connectivity index (χ2n) is 6.43. The van der Waals surface area contributed by atoms with Crippen LogP contribution >= 0.6 is 0 Å². The Morgan fingerprint density at radius 2 is 1.84 bits per heavy atom. The van der Waals surface area contributed by atoms with Crippen molar-refractivity contribution < 1.29 is 0 Å². The molecule has 0 aliphatic heterocycles. The van der Waals surface area contributed by atoms with E-state index >= 15 is 0 Å². The third-order valence-corrected chi connectivity index (χ3v) is 4.77. The minimum absolute atomic E-state index is 0.601. The largest absolute Gasteiger partial charge is 0.314 e. The van der Waals surface area contributed by atoms with Crippen LogP contribution < -0.4 is 5.32 Å². The maximum atomic E-state index is 3.68. The second kappa shape index (κ2) is 6.56. The molecule has 0 saturated carbocycles. The molecule has 1 aliphatic carbocycles. The van der Waals surface area contributed by atoms with E-state index in [-0.39, 0.29) is 0 Å². The quantitative estimate of drug-likeness (QED) is 0.814. The maximum absolute atomic E-state index is 3.68. The molecule has 2 rings (SSSR count). The molecule has 1 heteroatoms. The molecule has 0 bridgehead atoms. The molecular formula is C18H29N. The number of aryl methyl sites for hydroxylation is 2. The van der Waals surface area contributed by atoms with Crippen LogP contribution in [0.2, 0.25) is 0 Å². The smallest absolute Gasteiger partial charge is 0.0135 e. The normalized spacial score (nSPS) is 17.5. The number of nitrogens with one attached hydrogen (secondary N) is 1. The molecule has 0 radical (unpaired) electrons. The number of benzene rings is 1. The molecule has 1 aromatic carbocycles. The summed E-state index contributed by atoms with van der Waals surface area (Å²) in [5.41, 5.74) is 4.70. The Labute approximate surface area is 118 Å². The molecule has 2 atom stereocenters. The molecule has 0 aromatic heterocycles. The molecule has 0 amide bonds. The Morgan fingerprint density at radius 1 is 1.11 bits per heavy atom. The van der Waals surface area contributed by atoms with Gasteiger partial charge in [-0.15, -0.1) is 0 Å². The van der Waals surface area contributed by atoms with E-state index in [1.165, 1.54) is 31.2 Å². The van der Waals surface area contributed by atoms with Gasteiger partial charge in [-0.3, -0.25) is 0 Å². The Kier molecular flexibility index (Phi) is 5.04. The monoisotopic (exact) mass is 259 g/mol. The van der Waals surface area contributed by atoms with Gasteiger partial charge in [0.2, 0.25) is 0 Å². The van der Waals surface area contributed by atoms with Crippen molar-refractivity contribution in [1.29, 1.82) is 0 Å². The topological polar surface area (TPSA) is 12.0 Å². The molecule has 0 fully saturated rings. The molecule has 1 nitrogen and oxygen atoms in total. The van der Waals surface area contributed by atoms with E-state index in [4.69, 9.17) is 0 Å². The average molecular weight is 259 g/mol. The SMILES string of the molecule is CCNC(Cc1ccc2c(c1)CCC2)C(C)C(C)C. The van der Waals surface area contributed by atoms with Crippen molar-refractivity contribution in [2.75, 3.05) is 6.54 Å². The molecule has 0 saturated heterocycles. The summed E-state index contributed by atoms with van der Waals surface area (Å²) in [6.07, 6.45) is 5.09. The zero-order chi connectivity index (χ0) is 13.8. The van der Waals surface area contributed by atoms with Crippen LogP contribution in [0.5, 0.6) is 0 Å². The molecule has 0 spiro atoms. The zero-order valence-electron chi connectivity index (χ0n) is 13.0. The van der Waals surface area contributed by atoms with Crippen molar-refractivity contribution in [2.45, 2.75) is 59.4 Å². The molecule has 106 valence electrons. The highest BCUT2D eigenvalue weighted by Crippen LogP contribution is 2.25. The first-order valence-corrected chi connectivity index (χ1v) is 7.95. The zero-order valence-corrected chi connectivity index (χ0v) is 13.0. The summed E-state index contributed by atoms with van der Waals surface area (Å²) in [5, 5.41) is 3.68. The number of fused-ring (bicyclic) bond motifs is 1. The standard InChI is InChI=1S/C18H29N/c1-5-19-18(14(4)13(2)3)12-15-9-10-16-7-6-8-17(16)11-15/h9-11,13-14,18-19H,5-8,12H2,1-4H3. The van der Waals surface area contributed by atoms with E-state index in [1.54, 1.807) is 11.1 Å². The minimum Gasteiger partial charge on any atom is -0.314 e. The first-order valence-electron chi connectivity index (χ1n) is 7.95. The van der Waals surface area contributed by atoms with E-state index in [0.717, 1.165) is 12.5 Å². The first kappa shape index (κ1) is 14.6. The van der Waals surface area contributed by atoms with Crippen LogP contribution in [0.3, 0.4) is 0 Å². The fourth-order valence-electron chi connectivity index (χ4n) is 3.18. The molecular weight excluding hydrogens is 230 g/mol. The Bertz CT molecular complexity index is 408. The van der Waals surface area contributed by atoms with E-state index in [0.29, 0.717) is 12.0 Å². The van der Waals surface area contributed by atoms with Gasteiger partial charge in [0.05, 0.1) is 0 Å². The van der Waals surface area contributed by atoms with Crippen molar-refractivity contribution in [1.82, 2.24) is 5.32 Å². The molecule has 1 aromatic rings. The van der Waals surface area contributed by atoms with Crippen molar-refractivity contribution in [3.63, 3.8) is 0 Å². The number of hydrogen-bond acceptors (Lipinski definition) is 1. The fraction of sp³-hybridized carbons (Fsp3) is 0.667. The van der Waals surface area contributed by atoms with Crippen molar-refractivity contribution in [3.8, 4) is 0 Å². The Morgan fingerprint density at radius 3 is 2.53 bits per heavy atom. The molecule has 1 aliphatic rings. The van der Waals surface area contributed by atoms with Gasteiger partial charge in [-0.25, -0.2) is 0 Å². The van der Waals surface area contributed by atoms with E-state index in [2.05, 4.69) is 51.2 Å². The van der Waals surface area contributed by atoms with Crippen molar-refractivity contribution >= 4 is 0 Å². The molecule has 19 heavy (non-hydrogen) atoms. The summed E-state index contributed by atoms with van der Waals surface area (Å²) in [6.45, 7) is 10.3. The van der Waals surface area contributed by atoms with Crippen LogP contribution in [0.4, 0.5) is 0 Å². The predicted octanol–water partition coefficient (Wildman–Crippen LogP) is 3.99. The minimum atomic E-state index is 0.601. The number of likely N-dealkylation sites (N-methyl/N-ethyl adjacent to an activating group) is 1. The fourth-order valence-corrected chi connectivity index (χ4v) is 3.18. The van der Waals surface area contributed by atoms with Crippen LogP contribution in [-0.4, -0.2) is 12.6 Å². The van der Waals surface area contributed by atoms with E-state index in [1.807, 2.05) is 0 Å². The summed E-state index contributed by atoms with van der Waals surface area (Å²) in [4.78, 5) is 0. The lowest BCUT2D eigenvalue weighted by Crippen LogP contribution is -2.39. The highest BCUT2D eigenvalue weighted by atomic mass is 14.9. The van der Waals surface area contributed by atoms with E-state index < -0.39 is 0 Å². The third-order valence-electron chi connectivity index (χ3n) is 4.77. The Hall–Kier alpha value is -0.820. The van der Waals surface area contributed by atoms with Gasteiger partial charge in [-0.2, -0.15) is 0 Å². The van der Waals surface area contributed by atoms with Crippen LogP contribution in [0, 0.1) is 11.8 Å². The van der Waals surface area contributed by atoms with Gasteiger partial charge in [-0.1, -0.05) is 45.9 Å². The van der Waals surface area contributed by atoms with Gasteiger partial charge < -0.3 is 5.32 Å². The lowest BCUT2D eigenvalue weighted by Gasteiger charge is -2.28. The predicted molar refractivity (Wildman–Crippen MR) is 83.6 cm³/mol. The second-order valence-corrected chi connectivity index (χ2v) is 6.43. The number of rotatable bonds is 6. The van der Waals surface area contributed by atoms with Gasteiger partial charge >= 0.3 is 0 Å². The summed E-state index contributed by atoms with van der Waals surface area (Å²) < 4.78 is 0. The lowest BCUT2D eigenvalue weighted by molar-refractivity contribution is 0.300. The summed E-state index contributed by atoms with van der Waals surface area (Å²) in [6, 6.07) is 7.77. The third kappa shape index (κ3) is 3.60. The summed E-state index contributed by atoms with van der Waals surface area (Å²) in [7, 11) is 0. The number of hydrogen-bond donors (Lipinski definition) is 1. The molecule has 2 unspecified atom stereocenters. The van der Waals surface area contributed by atoms with Crippen LogP contribution in [-0.2, 0) is 19.3 Å². The summed E-state index contributed by atoms with van der Waals surface area (Å²) >= 11 is 0.